The van der Waals surface area contributed by atoms with Crippen LogP contribution in [0.2, 0.25) is 0 Å². The van der Waals surface area contributed by atoms with E-state index in [1.165, 1.54) is 16.8 Å². The predicted molar refractivity (Wildman–Crippen MR) is 103 cm³/mol. The third kappa shape index (κ3) is 3.62. The average Bonchev–Trinajstić information content (AvgIpc) is 3.36. The molecular weight excluding hydrogens is 380 g/mol. The maximum Gasteiger partial charge on any atom is 0.262 e. The summed E-state index contributed by atoms with van der Waals surface area (Å²) in [5, 5.41) is 3.42. The molecule has 1 fully saturated rings. The second-order valence-corrected chi connectivity index (χ2v) is 8.78. The molecule has 1 aliphatic heterocycles. The lowest BCUT2D eigenvalue weighted by atomic mass is 10.1. The molecule has 1 aliphatic rings. The van der Waals surface area contributed by atoms with E-state index in [1.54, 1.807) is 30.3 Å². The number of sulfonamides is 1. The van der Waals surface area contributed by atoms with E-state index in [4.69, 9.17) is 0 Å². The van der Waals surface area contributed by atoms with Crippen LogP contribution in [0.3, 0.4) is 0 Å². The van der Waals surface area contributed by atoms with E-state index < -0.39 is 10.0 Å². The van der Waals surface area contributed by atoms with Crippen LogP contribution in [0.4, 0.5) is 5.95 Å². The fourth-order valence-electron chi connectivity index (χ4n) is 3.25. The van der Waals surface area contributed by atoms with Gasteiger partial charge in [-0.25, -0.2) is 28.4 Å². The first kappa shape index (κ1) is 18.6. The van der Waals surface area contributed by atoms with Gasteiger partial charge in [-0.1, -0.05) is 0 Å². The van der Waals surface area contributed by atoms with Crippen LogP contribution in [0.25, 0.3) is 11.4 Å². The Labute approximate surface area is 163 Å². The quantitative estimate of drug-likeness (QED) is 0.657. The molecule has 10 nitrogen and oxygen atoms in total. The Balaban J connectivity index is 1.42. The molecule has 0 atom stereocenters. The first-order valence-electron chi connectivity index (χ1n) is 9.00. The minimum atomic E-state index is -3.55. The van der Waals surface area contributed by atoms with Crippen molar-refractivity contribution < 1.29 is 8.42 Å². The van der Waals surface area contributed by atoms with Gasteiger partial charge in [0, 0.05) is 38.6 Å². The van der Waals surface area contributed by atoms with Crippen molar-refractivity contribution in [2.45, 2.75) is 30.8 Å². The zero-order valence-corrected chi connectivity index (χ0v) is 16.5. The molecule has 0 aliphatic carbocycles. The third-order valence-electron chi connectivity index (χ3n) is 4.80. The molecule has 0 bridgehead atoms. The molecule has 4 rings (SSSR count). The summed E-state index contributed by atoms with van der Waals surface area (Å²) in [4.78, 5) is 20.0. The standard InChI is InChI=1S/C17H22N8O2S/c1-12-7-19-17(23-16(12)14-8-18-10-20-14)22-13-3-5-25(6-4-13)28(26,27)15-9-24(2)11-21-15/h7-11,13H,3-6H2,1-2H3,(H,18,20)(H,19,22,23). The van der Waals surface area contributed by atoms with Crippen molar-refractivity contribution in [3.8, 4) is 11.4 Å². The SMILES string of the molecule is Cc1cnc(NC2CCN(S(=O)(=O)c3cn(C)cn3)CC2)nc1-c1cnc[nH]1. The Morgan fingerprint density at radius 1 is 1.21 bits per heavy atom. The summed E-state index contributed by atoms with van der Waals surface area (Å²) >= 11 is 0. The number of rotatable bonds is 5. The number of aromatic nitrogens is 6. The number of nitrogens with one attached hydrogen (secondary N) is 2. The molecule has 0 aromatic carbocycles. The molecule has 148 valence electrons. The number of imidazole rings is 2. The molecule has 3 aromatic heterocycles. The normalized spacial score (nSPS) is 16.4. The Bertz CT molecular complexity index is 1050. The van der Waals surface area contributed by atoms with Crippen molar-refractivity contribution in [3.63, 3.8) is 0 Å². The van der Waals surface area contributed by atoms with Crippen LogP contribution in [0.1, 0.15) is 18.4 Å². The van der Waals surface area contributed by atoms with Gasteiger partial charge in [-0.15, -0.1) is 0 Å². The molecule has 3 aromatic rings. The first-order chi connectivity index (χ1) is 13.4. The highest BCUT2D eigenvalue weighted by Crippen LogP contribution is 2.23. The van der Waals surface area contributed by atoms with Crippen LogP contribution < -0.4 is 5.32 Å². The van der Waals surface area contributed by atoms with E-state index in [0.717, 1.165) is 17.0 Å². The Kier molecular flexibility index (Phi) is 4.85. The number of aromatic amines is 1. The van der Waals surface area contributed by atoms with Gasteiger partial charge in [-0.05, 0) is 25.3 Å². The molecule has 0 amide bonds. The molecule has 1 saturated heterocycles. The van der Waals surface area contributed by atoms with Crippen molar-refractivity contribution in [1.29, 1.82) is 0 Å². The highest BCUT2D eigenvalue weighted by Gasteiger charge is 2.31. The molecule has 11 heteroatoms. The number of piperidine rings is 1. The summed E-state index contributed by atoms with van der Waals surface area (Å²) in [6.45, 7) is 2.80. The number of hydrogen-bond donors (Lipinski definition) is 2. The molecule has 0 saturated carbocycles. The van der Waals surface area contributed by atoms with Crippen LogP contribution in [-0.4, -0.2) is 61.3 Å². The van der Waals surface area contributed by atoms with Crippen molar-refractivity contribution in [3.05, 3.63) is 36.8 Å². The fraction of sp³-hybridized carbons (Fsp3) is 0.412. The van der Waals surface area contributed by atoms with E-state index in [1.807, 2.05) is 6.92 Å². The van der Waals surface area contributed by atoms with E-state index in [-0.39, 0.29) is 11.1 Å². The van der Waals surface area contributed by atoms with Gasteiger partial charge in [0.05, 0.1) is 30.2 Å². The lowest BCUT2D eigenvalue weighted by molar-refractivity contribution is 0.328. The van der Waals surface area contributed by atoms with E-state index >= 15 is 0 Å². The van der Waals surface area contributed by atoms with Gasteiger partial charge >= 0.3 is 0 Å². The summed E-state index contributed by atoms with van der Waals surface area (Å²) in [6, 6.07) is 0.104. The van der Waals surface area contributed by atoms with Gasteiger partial charge in [0.15, 0.2) is 5.03 Å². The number of anilines is 1. The van der Waals surface area contributed by atoms with E-state index in [2.05, 4.69) is 30.2 Å². The van der Waals surface area contributed by atoms with E-state index in [9.17, 15) is 8.42 Å². The number of nitrogens with zero attached hydrogens (tertiary/aromatic N) is 6. The van der Waals surface area contributed by atoms with E-state index in [0.29, 0.717) is 31.9 Å². The maximum absolute atomic E-state index is 12.7. The number of H-pyrrole nitrogens is 1. The summed E-state index contributed by atoms with van der Waals surface area (Å²) in [5.41, 5.74) is 2.58. The van der Waals surface area contributed by atoms with Gasteiger partial charge in [-0.3, -0.25) is 0 Å². The first-order valence-corrected chi connectivity index (χ1v) is 10.4. The van der Waals surface area contributed by atoms with Crippen LogP contribution in [0.5, 0.6) is 0 Å². The number of aryl methyl sites for hydroxylation is 2. The predicted octanol–water partition coefficient (Wildman–Crippen LogP) is 1.17. The zero-order valence-electron chi connectivity index (χ0n) is 15.7. The minimum absolute atomic E-state index is 0.0903. The second kappa shape index (κ2) is 7.32. The van der Waals surface area contributed by atoms with Gasteiger partial charge in [0.1, 0.15) is 0 Å². The summed E-state index contributed by atoms with van der Waals surface area (Å²) in [7, 11) is -1.80. The lowest BCUT2D eigenvalue weighted by Gasteiger charge is -2.31. The van der Waals surface area contributed by atoms with Gasteiger partial charge in [0.2, 0.25) is 5.95 Å². The van der Waals surface area contributed by atoms with Crippen molar-refractivity contribution in [2.24, 2.45) is 7.05 Å². The van der Waals surface area contributed by atoms with Crippen LogP contribution >= 0.6 is 0 Å². The van der Waals surface area contributed by atoms with Crippen molar-refractivity contribution in [1.82, 2.24) is 33.8 Å². The monoisotopic (exact) mass is 402 g/mol. The maximum atomic E-state index is 12.7. The molecule has 28 heavy (non-hydrogen) atoms. The molecular formula is C17H22N8O2S. The van der Waals surface area contributed by atoms with Crippen LogP contribution in [0, 0.1) is 6.92 Å². The lowest BCUT2D eigenvalue weighted by Crippen LogP contribution is -2.42. The van der Waals surface area contributed by atoms with Gasteiger partial charge in [0.25, 0.3) is 10.0 Å². The molecule has 2 N–H and O–H groups in total. The molecule has 4 heterocycles. The minimum Gasteiger partial charge on any atom is -0.351 e. The molecule has 0 radical (unpaired) electrons. The summed E-state index contributed by atoms with van der Waals surface area (Å²) in [6.07, 6.45) is 9.46. The van der Waals surface area contributed by atoms with Crippen molar-refractivity contribution in [2.75, 3.05) is 18.4 Å². The number of hydrogen-bond acceptors (Lipinski definition) is 7. The third-order valence-corrected chi connectivity index (χ3v) is 6.58. The fourth-order valence-corrected chi connectivity index (χ4v) is 4.68. The van der Waals surface area contributed by atoms with Crippen LogP contribution in [0.15, 0.2) is 36.3 Å². The molecule has 0 unspecified atom stereocenters. The Hall–Kier alpha value is -2.79. The summed E-state index contributed by atoms with van der Waals surface area (Å²) in [5.74, 6) is 0.529. The highest BCUT2D eigenvalue weighted by atomic mass is 32.2. The van der Waals surface area contributed by atoms with Gasteiger partial charge < -0.3 is 14.9 Å². The highest BCUT2D eigenvalue weighted by molar-refractivity contribution is 7.89. The summed E-state index contributed by atoms with van der Waals surface area (Å²) < 4.78 is 28.5. The van der Waals surface area contributed by atoms with Crippen molar-refractivity contribution >= 4 is 16.0 Å². The zero-order chi connectivity index (χ0) is 19.7. The topological polar surface area (TPSA) is 122 Å². The Morgan fingerprint density at radius 3 is 2.64 bits per heavy atom. The average molecular weight is 402 g/mol. The Morgan fingerprint density at radius 2 is 2.00 bits per heavy atom. The smallest absolute Gasteiger partial charge is 0.262 e. The largest absolute Gasteiger partial charge is 0.351 e. The van der Waals surface area contributed by atoms with Crippen LogP contribution in [-0.2, 0) is 17.1 Å². The van der Waals surface area contributed by atoms with Gasteiger partial charge in [-0.2, -0.15) is 4.31 Å². The second-order valence-electron chi connectivity index (χ2n) is 6.89. The molecule has 0 spiro atoms.